The van der Waals surface area contributed by atoms with Gasteiger partial charge in [0.2, 0.25) is 0 Å². The minimum Gasteiger partial charge on any atom is -0.326 e. The lowest BCUT2D eigenvalue weighted by Gasteiger charge is -2.09. The molecule has 0 saturated carbocycles. The van der Waals surface area contributed by atoms with Gasteiger partial charge in [-0.15, -0.1) is 0 Å². The Morgan fingerprint density at radius 1 is 1.06 bits per heavy atom. The van der Waals surface area contributed by atoms with Crippen LogP contribution < -0.4 is 5.73 Å². The highest BCUT2D eigenvalue weighted by atomic mass is 32.2. The molecule has 0 spiro atoms. The first-order valence-corrected chi connectivity index (χ1v) is 6.34. The minimum absolute atomic E-state index is 0.394. The molecule has 0 radical (unpaired) electrons. The van der Waals surface area contributed by atoms with Gasteiger partial charge in [0.25, 0.3) is 0 Å². The summed E-state index contributed by atoms with van der Waals surface area (Å²) < 4.78 is 26.4. The Balaban J connectivity index is 2.36. The van der Waals surface area contributed by atoms with Gasteiger partial charge in [-0.25, -0.2) is 8.78 Å². The van der Waals surface area contributed by atoms with Crippen LogP contribution in [0.15, 0.2) is 46.2 Å². The second-order valence-corrected chi connectivity index (χ2v) is 5.08. The molecule has 1 nitrogen and oxygen atoms in total. The lowest BCUT2D eigenvalue weighted by atomic mass is 10.1. The molecule has 4 heteroatoms. The number of rotatable bonds is 3. The van der Waals surface area contributed by atoms with Crippen molar-refractivity contribution in [1.29, 1.82) is 0 Å². The van der Waals surface area contributed by atoms with Gasteiger partial charge in [-0.3, -0.25) is 0 Å². The highest BCUT2D eigenvalue weighted by Crippen LogP contribution is 2.33. The third kappa shape index (κ3) is 2.89. The Morgan fingerprint density at radius 3 is 2.50 bits per heavy atom. The molecule has 0 aromatic heterocycles. The molecule has 18 heavy (non-hydrogen) atoms. The number of nitrogens with two attached hydrogens (primary N) is 1. The average molecular weight is 265 g/mol. The minimum atomic E-state index is -0.569. The third-order valence-corrected chi connectivity index (χ3v) is 3.71. The van der Waals surface area contributed by atoms with Crippen LogP contribution in [0.1, 0.15) is 11.1 Å². The molecule has 0 aliphatic rings. The van der Waals surface area contributed by atoms with E-state index in [4.69, 9.17) is 5.73 Å². The fourth-order valence-electron chi connectivity index (χ4n) is 1.60. The number of benzene rings is 2. The van der Waals surface area contributed by atoms with Crippen molar-refractivity contribution in [3.05, 3.63) is 59.2 Å². The van der Waals surface area contributed by atoms with Crippen LogP contribution in [0.5, 0.6) is 0 Å². The summed E-state index contributed by atoms with van der Waals surface area (Å²) in [5.41, 5.74) is 7.68. The maximum atomic E-state index is 13.6. The van der Waals surface area contributed by atoms with E-state index < -0.39 is 11.6 Å². The molecule has 0 aliphatic heterocycles. The molecule has 0 fully saturated rings. The summed E-state index contributed by atoms with van der Waals surface area (Å²) in [6.07, 6.45) is 0. The fourth-order valence-corrected chi connectivity index (χ4v) is 2.66. The molecule has 2 aromatic rings. The van der Waals surface area contributed by atoms with Crippen molar-refractivity contribution in [3.63, 3.8) is 0 Å². The fraction of sp³-hybridized carbons (Fsp3) is 0.143. The molecule has 2 N–H and O–H groups in total. The van der Waals surface area contributed by atoms with Crippen LogP contribution in [0.3, 0.4) is 0 Å². The lowest BCUT2D eigenvalue weighted by molar-refractivity contribution is 0.565. The van der Waals surface area contributed by atoms with Crippen LogP contribution in [0.4, 0.5) is 8.78 Å². The highest BCUT2D eigenvalue weighted by Gasteiger charge is 2.08. The van der Waals surface area contributed by atoms with Crippen molar-refractivity contribution in [1.82, 2.24) is 0 Å². The van der Waals surface area contributed by atoms with Crippen LogP contribution in [0, 0.1) is 18.6 Å². The molecule has 0 bridgehead atoms. The second kappa shape index (κ2) is 5.50. The Labute approximate surface area is 109 Å². The van der Waals surface area contributed by atoms with Crippen molar-refractivity contribution >= 4 is 11.8 Å². The van der Waals surface area contributed by atoms with E-state index in [0.717, 1.165) is 22.1 Å². The first kappa shape index (κ1) is 13.1. The van der Waals surface area contributed by atoms with Gasteiger partial charge in [0.15, 0.2) is 0 Å². The number of hydrogen-bond acceptors (Lipinski definition) is 2. The molecule has 94 valence electrons. The molecule has 0 amide bonds. The van der Waals surface area contributed by atoms with Crippen molar-refractivity contribution in [3.8, 4) is 0 Å². The van der Waals surface area contributed by atoms with Crippen molar-refractivity contribution in [2.24, 2.45) is 5.73 Å². The zero-order valence-corrected chi connectivity index (χ0v) is 10.7. The third-order valence-electron chi connectivity index (χ3n) is 2.56. The molecule has 0 atom stereocenters. The normalized spacial score (nSPS) is 10.7. The summed E-state index contributed by atoms with van der Waals surface area (Å²) in [6, 6.07) is 9.43. The average Bonchev–Trinajstić information content (AvgIpc) is 2.33. The number of halogens is 2. The van der Waals surface area contributed by atoms with Crippen LogP contribution in [0.25, 0.3) is 0 Å². The quantitative estimate of drug-likeness (QED) is 0.911. The summed E-state index contributed by atoms with van der Waals surface area (Å²) in [6.45, 7) is 2.36. The Bertz CT molecular complexity index is 570. The van der Waals surface area contributed by atoms with Crippen LogP contribution >= 0.6 is 11.8 Å². The number of aryl methyl sites for hydroxylation is 1. The highest BCUT2D eigenvalue weighted by molar-refractivity contribution is 7.99. The van der Waals surface area contributed by atoms with E-state index >= 15 is 0 Å². The van der Waals surface area contributed by atoms with E-state index in [1.807, 2.05) is 25.1 Å². The van der Waals surface area contributed by atoms with Crippen LogP contribution in [0.2, 0.25) is 0 Å². The lowest BCUT2D eigenvalue weighted by Crippen LogP contribution is -1.98. The SMILES string of the molecule is Cc1ccc(CN)c(Sc2ccc(F)cc2F)c1. The maximum Gasteiger partial charge on any atom is 0.140 e. The zero-order chi connectivity index (χ0) is 13.1. The number of hydrogen-bond donors (Lipinski definition) is 1. The predicted molar refractivity (Wildman–Crippen MR) is 69.6 cm³/mol. The van der Waals surface area contributed by atoms with Crippen molar-refractivity contribution < 1.29 is 8.78 Å². The van der Waals surface area contributed by atoms with Gasteiger partial charge in [-0.05, 0) is 36.2 Å². The van der Waals surface area contributed by atoms with E-state index in [1.165, 1.54) is 23.9 Å². The topological polar surface area (TPSA) is 26.0 Å². The first-order chi connectivity index (χ1) is 8.60. The van der Waals surface area contributed by atoms with Gasteiger partial charge in [0.1, 0.15) is 11.6 Å². The Hall–Kier alpha value is -1.39. The predicted octanol–water partition coefficient (Wildman–Crippen LogP) is 3.88. The van der Waals surface area contributed by atoms with Gasteiger partial charge in [0, 0.05) is 22.4 Å². The summed E-state index contributed by atoms with van der Waals surface area (Å²) in [4.78, 5) is 1.31. The maximum absolute atomic E-state index is 13.6. The molecule has 0 saturated heterocycles. The summed E-state index contributed by atoms with van der Waals surface area (Å²) >= 11 is 1.27. The van der Waals surface area contributed by atoms with E-state index in [9.17, 15) is 8.78 Å². The Kier molecular flexibility index (Phi) is 3.99. The van der Waals surface area contributed by atoms with Gasteiger partial charge in [-0.1, -0.05) is 23.9 Å². The van der Waals surface area contributed by atoms with Crippen molar-refractivity contribution in [2.75, 3.05) is 0 Å². The van der Waals surface area contributed by atoms with Crippen LogP contribution in [-0.2, 0) is 6.54 Å². The van der Waals surface area contributed by atoms with Crippen molar-refractivity contribution in [2.45, 2.75) is 23.3 Å². The van der Waals surface area contributed by atoms with E-state index in [1.54, 1.807) is 0 Å². The molecule has 2 rings (SSSR count). The summed E-state index contributed by atoms with van der Waals surface area (Å²) in [5.74, 6) is -1.12. The molecular formula is C14H13F2NS. The molecule has 2 aromatic carbocycles. The van der Waals surface area contributed by atoms with Crippen LogP contribution in [-0.4, -0.2) is 0 Å². The van der Waals surface area contributed by atoms with Gasteiger partial charge in [-0.2, -0.15) is 0 Å². The van der Waals surface area contributed by atoms with E-state index in [-0.39, 0.29) is 0 Å². The van der Waals surface area contributed by atoms with Gasteiger partial charge in [0.05, 0.1) is 0 Å². The molecular weight excluding hydrogens is 252 g/mol. The molecule has 0 aliphatic carbocycles. The smallest absolute Gasteiger partial charge is 0.140 e. The van der Waals surface area contributed by atoms with Gasteiger partial charge < -0.3 is 5.73 Å². The standard InChI is InChI=1S/C14H13F2NS/c1-9-2-3-10(8-17)14(6-9)18-13-5-4-11(15)7-12(13)16/h2-7H,8,17H2,1H3. The monoisotopic (exact) mass is 265 g/mol. The van der Waals surface area contributed by atoms with E-state index in [2.05, 4.69) is 0 Å². The Morgan fingerprint density at radius 2 is 1.83 bits per heavy atom. The zero-order valence-electron chi connectivity index (χ0n) is 9.91. The molecule has 0 unspecified atom stereocenters. The largest absolute Gasteiger partial charge is 0.326 e. The summed E-state index contributed by atoms with van der Waals surface area (Å²) in [5, 5.41) is 0. The first-order valence-electron chi connectivity index (χ1n) is 5.52. The molecule has 0 heterocycles. The summed E-state index contributed by atoms with van der Waals surface area (Å²) in [7, 11) is 0. The van der Waals surface area contributed by atoms with Gasteiger partial charge >= 0.3 is 0 Å². The second-order valence-electron chi connectivity index (χ2n) is 3.99. The van der Waals surface area contributed by atoms with E-state index in [0.29, 0.717) is 11.4 Å².